The third-order valence-electron chi connectivity index (χ3n) is 3.69. The Morgan fingerprint density at radius 1 is 1.48 bits per heavy atom. The second-order valence-electron chi connectivity index (χ2n) is 5.34. The van der Waals surface area contributed by atoms with Crippen LogP contribution in [0.5, 0.6) is 0 Å². The topological polar surface area (TPSA) is 61.8 Å². The van der Waals surface area contributed by atoms with E-state index in [9.17, 15) is 9.90 Å². The molecule has 1 amide bonds. The molecule has 1 saturated heterocycles. The minimum atomic E-state index is -0.479. The van der Waals surface area contributed by atoms with E-state index in [1.54, 1.807) is 6.92 Å². The van der Waals surface area contributed by atoms with Gasteiger partial charge in [-0.15, -0.1) is 0 Å². The highest BCUT2D eigenvalue weighted by Crippen LogP contribution is 2.22. The molecule has 1 aliphatic rings. The van der Waals surface area contributed by atoms with Crippen molar-refractivity contribution < 1.29 is 14.6 Å². The molecule has 1 heterocycles. The Labute approximate surface area is 125 Å². The Bertz CT molecular complexity index is 459. The van der Waals surface area contributed by atoms with Gasteiger partial charge in [-0.2, -0.15) is 0 Å². The summed E-state index contributed by atoms with van der Waals surface area (Å²) in [5.74, 6) is 0.0103. The number of carbonyl (C=O) groups is 1. The fourth-order valence-electron chi connectivity index (χ4n) is 2.44. The van der Waals surface area contributed by atoms with Gasteiger partial charge < -0.3 is 20.1 Å². The van der Waals surface area contributed by atoms with Gasteiger partial charge in [0.1, 0.15) is 6.04 Å². The number of anilines is 1. The van der Waals surface area contributed by atoms with Crippen molar-refractivity contribution in [2.24, 2.45) is 0 Å². The highest BCUT2D eigenvalue weighted by molar-refractivity contribution is 5.85. The van der Waals surface area contributed by atoms with Gasteiger partial charge in [0.05, 0.1) is 19.3 Å². The average molecular weight is 292 g/mol. The maximum Gasteiger partial charge on any atom is 0.245 e. The number of benzene rings is 1. The highest BCUT2D eigenvalue weighted by atomic mass is 16.5. The van der Waals surface area contributed by atoms with E-state index >= 15 is 0 Å². The van der Waals surface area contributed by atoms with Crippen molar-refractivity contribution in [2.45, 2.75) is 32.4 Å². The zero-order valence-electron chi connectivity index (χ0n) is 12.7. The van der Waals surface area contributed by atoms with Crippen LogP contribution in [0.15, 0.2) is 24.3 Å². The SMILES string of the molecule is CCCNC(=O)C1COCCN1c1ccc([C@H](C)O)cc1. The molecule has 1 aliphatic heterocycles. The van der Waals surface area contributed by atoms with E-state index in [0.29, 0.717) is 26.3 Å². The average Bonchev–Trinajstić information content (AvgIpc) is 2.52. The first-order chi connectivity index (χ1) is 10.1. The van der Waals surface area contributed by atoms with E-state index in [2.05, 4.69) is 10.2 Å². The molecular formula is C16H24N2O3. The molecule has 1 unspecified atom stereocenters. The van der Waals surface area contributed by atoms with Gasteiger partial charge in [0.2, 0.25) is 5.91 Å². The molecule has 0 spiro atoms. The quantitative estimate of drug-likeness (QED) is 0.863. The molecule has 0 saturated carbocycles. The summed E-state index contributed by atoms with van der Waals surface area (Å²) in [4.78, 5) is 14.3. The van der Waals surface area contributed by atoms with Gasteiger partial charge in [-0.25, -0.2) is 0 Å². The largest absolute Gasteiger partial charge is 0.389 e. The van der Waals surface area contributed by atoms with Crippen LogP contribution in [0.4, 0.5) is 5.69 Å². The second-order valence-corrected chi connectivity index (χ2v) is 5.34. The summed E-state index contributed by atoms with van der Waals surface area (Å²) in [6, 6.07) is 7.41. The summed E-state index contributed by atoms with van der Waals surface area (Å²) in [6.07, 6.45) is 0.440. The van der Waals surface area contributed by atoms with Crippen LogP contribution in [0.3, 0.4) is 0 Å². The maximum atomic E-state index is 12.2. The van der Waals surface area contributed by atoms with E-state index in [-0.39, 0.29) is 11.9 Å². The highest BCUT2D eigenvalue weighted by Gasteiger charge is 2.29. The van der Waals surface area contributed by atoms with Gasteiger partial charge in [0.25, 0.3) is 0 Å². The minimum Gasteiger partial charge on any atom is -0.389 e. The number of rotatable bonds is 5. The van der Waals surface area contributed by atoms with Gasteiger partial charge in [0.15, 0.2) is 0 Å². The lowest BCUT2D eigenvalue weighted by atomic mass is 10.1. The molecule has 0 bridgehead atoms. The molecule has 0 aliphatic carbocycles. The summed E-state index contributed by atoms with van der Waals surface area (Å²) in [5.41, 5.74) is 1.86. The fraction of sp³-hybridized carbons (Fsp3) is 0.562. The van der Waals surface area contributed by atoms with Crippen LogP contribution in [0.2, 0.25) is 0 Å². The van der Waals surface area contributed by atoms with E-state index in [0.717, 1.165) is 17.7 Å². The van der Waals surface area contributed by atoms with Crippen molar-refractivity contribution in [1.82, 2.24) is 5.32 Å². The first-order valence-corrected chi connectivity index (χ1v) is 7.53. The number of nitrogens with zero attached hydrogens (tertiary/aromatic N) is 1. The molecule has 2 atom stereocenters. The first-order valence-electron chi connectivity index (χ1n) is 7.53. The summed E-state index contributed by atoms with van der Waals surface area (Å²) in [6.45, 7) is 6.18. The van der Waals surface area contributed by atoms with Crippen molar-refractivity contribution in [3.63, 3.8) is 0 Å². The number of hydrogen-bond acceptors (Lipinski definition) is 4. The van der Waals surface area contributed by atoms with Crippen molar-refractivity contribution >= 4 is 11.6 Å². The third-order valence-corrected chi connectivity index (χ3v) is 3.69. The van der Waals surface area contributed by atoms with E-state index in [1.807, 2.05) is 31.2 Å². The van der Waals surface area contributed by atoms with Crippen molar-refractivity contribution in [3.05, 3.63) is 29.8 Å². The number of morpholine rings is 1. The molecule has 5 nitrogen and oxygen atoms in total. The predicted molar refractivity (Wildman–Crippen MR) is 82.3 cm³/mol. The van der Waals surface area contributed by atoms with Gasteiger partial charge >= 0.3 is 0 Å². The maximum absolute atomic E-state index is 12.2. The Balaban J connectivity index is 2.12. The van der Waals surface area contributed by atoms with Crippen molar-refractivity contribution in [3.8, 4) is 0 Å². The van der Waals surface area contributed by atoms with Crippen LogP contribution in [-0.4, -0.2) is 43.4 Å². The standard InChI is InChI=1S/C16H24N2O3/c1-3-8-17-16(20)15-11-21-10-9-18(15)14-6-4-13(5-7-14)12(2)19/h4-7,12,15,19H,3,8-11H2,1-2H3,(H,17,20)/t12-,15?/m0/s1. The smallest absolute Gasteiger partial charge is 0.245 e. The number of aliphatic hydroxyl groups excluding tert-OH is 1. The van der Waals surface area contributed by atoms with E-state index in [1.165, 1.54) is 0 Å². The summed E-state index contributed by atoms with van der Waals surface area (Å²) in [5, 5.41) is 12.5. The lowest BCUT2D eigenvalue weighted by molar-refractivity contribution is -0.124. The van der Waals surface area contributed by atoms with Gasteiger partial charge in [0, 0.05) is 18.8 Å². The number of carbonyl (C=O) groups excluding carboxylic acids is 1. The van der Waals surface area contributed by atoms with Gasteiger partial charge in [-0.05, 0) is 31.0 Å². The third kappa shape index (κ3) is 3.95. The molecule has 21 heavy (non-hydrogen) atoms. The normalized spacial score (nSPS) is 20.1. The Kier molecular flexibility index (Phi) is 5.59. The van der Waals surface area contributed by atoms with Crippen LogP contribution >= 0.6 is 0 Å². The molecule has 116 valence electrons. The molecule has 5 heteroatoms. The predicted octanol–water partition coefficient (Wildman–Crippen LogP) is 1.47. The van der Waals surface area contributed by atoms with Crippen LogP contribution in [0, 0.1) is 0 Å². The number of aliphatic hydroxyl groups is 1. The van der Waals surface area contributed by atoms with Crippen LogP contribution < -0.4 is 10.2 Å². The number of amides is 1. The summed E-state index contributed by atoms with van der Waals surface area (Å²) < 4.78 is 5.45. The fourth-order valence-corrected chi connectivity index (χ4v) is 2.44. The van der Waals surface area contributed by atoms with Crippen LogP contribution in [0.1, 0.15) is 31.9 Å². The Morgan fingerprint density at radius 3 is 2.81 bits per heavy atom. The lowest BCUT2D eigenvalue weighted by Gasteiger charge is -2.36. The molecule has 1 fully saturated rings. The number of hydrogen-bond donors (Lipinski definition) is 2. The van der Waals surface area contributed by atoms with Crippen LogP contribution in [0.25, 0.3) is 0 Å². The molecule has 0 aromatic heterocycles. The number of nitrogens with one attached hydrogen (secondary N) is 1. The molecular weight excluding hydrogens is 268 g/mol. The zero-order valence-corrected chi connectivity index (χ0v) is 12.7. The van der Waals surface area contributed by atoms with Crippen LogP contribution in [-0.2, 0) is 9.53 Å². The molecule has 2 N–H and O–H groups in total. The van der Waals surface area contributed by atoms with Gasteiger partial charge in [-0.3, -0.25) is 4.79 Å². The van der Waals surface area contributed by atoms with E-state index in [4.69, 9.17) is 4.74 Å². The molecule has 1 aromatic carbocycles. The van der Waals surface area contributed by atoms with E-state index < -0.39 is 6.10 Å². The number of ether oxygens (including phenoxy) is 1. The van der Waals surface area contributed by atoms with Gasteiger partial charge in [-0.1, -0.05) is 19.1 Å². The monoisotopic (exact) mass is 292 g/mol. The minimum absolute atomic E-state index is 0.0103. The van der Waals surface area contributed by atoms with Crippen molar-refractivity contribution in [2.75, 3.05) is 31.2 Å². The molecule has 0 radical (unpaired) electrons. The first kappa shape index (κ1) is 15.8. The lowest BCUT2D eigenvalue weighted by Crippen LogP contribution is -2.54. The summed E-state index contributed by atoms with van der Waals surface area (Å²) in [7, 11) is 0. The second kappa shape index (κ2) is 7.43. The molecule has 1 aromatic rings. The zero-order chi connectivity index (χ0) is 15.2. The Morgan fingerprint density at radius 2 is 2.19 bits per heavy atom. The van der Waals surface area contributed by atoms with Crippen molar-refractivity contribution in [1.29, 1.82) is 0 Å². The Hall–Kier alpha value is -1.59. The molecule has 2 rings (SSSR count). The summed E-state index contributed by atoms with van der Waals surface area (Å²) >= 11 is 0.